The van der Waals surface area contributed by atoms with Gasteiger partial charge in [0.05, 0.1) is 5.75 Å². The molecule has 0 amide bonds. The summed E-state index contributed by atoms with van der Waals surface area (Å²) in [5.41, 5.74) is 3.98. The lowest BCUT2D eigenvalue weighted by Gasteiger charge is -2.16. The Kier molecular flexibility index (Phi) is 4.28. The number of nitrogens with one attached hydrogen (secondary N) is 1. The van der Waals surface area contributed by atoms with E-state index in [0.29, 0.717) is 12.6 Å². The van der Waals surface area contributed by atoms with Crippen LogP contribution in [0, 0.1) is 6.92 Å². The first-order chi connectivity index (χ1) is 8.90. The van der Waals surface area contributed by atoms with E-state index >= 15 is 0 Å². The molecule has 0 radical (unpaired) electrons. The molecule has 106 valence electrons. The van der Waals surface area contributed by atoms with Gasteiger partial charge in [0.15, 0.2) is 0 Å². The summed E-state index contributed by atoms with van der Waals surface area (Å²) in [4.78, 5) is 0. The zero-order chi connectivity index (χ0) is 14.0. The zero-order valence-electron chi connectivity index (χ0n) is 11.8. The molecule has 0 heterocycles. The topological polar surface area (TPSA) is 49.4 Å². The second-order valence-electron chi connectivity index (χ2n) is 5.35. The predicted molar refractivity (Wildman–Crippen MR) is 77.7 cm³/mol. The first kappa shape index (κ1) is 14.5. The third-order valence-corrected chi connectivity index (χ3v) is 5.52. The maximum atomic E-state index is 11.7. The lowest BCUT2D eigenvalue weighted by Crippen LogP contribution is -2.32. The predicted octanol–water partition coefficient (Wildman–Crippen LogP) is 1.46. The summed E-state index contributed by atoms with van der Waals surface area (Å²) in [7, 11) is 0.0414. The van der Waals surface area contributed by atoms with Crippen LogP contribution in [-0.2, 0) is 16.4 Å². The van der Waals surface area contributed by atoms with E-state index < -0.39 is 10.0 Å². The van der Waals surface area contributed by atoms with Crippen molar-refractivity contribution in [3.8, 4) is 0 Å². The van der Waals surface area contributed by atoms with Crippen molar-refractivity contribution in [3.63, 3.8) is 0 Å². The molecule has 2 rings (SSSR count). The highest BCUT2D eigenvalue weighted by Crippen LogP contribution is 2.31. The third-order valence-electron chi connectivity index (χ3n) is 3.69. The molecule has 0 fully saturated rings. The summed E-state index contributed by atoms with van der Waals surface area (Å²) in [6.07, 6.45) is 2.13. The van der Waals surface area contributed by atoms with Crippen LogP contribution >= 0.6 is 0 Å². The third kappa shape index (κ3) is 3.35. The van der Waals surface area contributed by atoms with E-state index in [-0.39, 0.29) is 5.75 Å². The van der Waals surface area contributed by atoms with E-state index in [1.807, 2.05) is 0 Å². The first-order valence-corrected chi connectivity index (χ1v) is 8.24. The summed E-state index contributed by atoms with van der Waals surface area (Å²) in [6, 6.07) is 6.83. The molecule has 0 saturated heterocycles. The minimum absolute atomic E-state index is 0.150. The Bertz CT molecular complexity index is 553. The van der Waals surface area contributed by atoms with E-state index in [0.717, 1.165) is 12.8 Å². The Labute approximate surface area is 115 Å². The van der Waals surface area contributed by atoms with Gasteiger partial charge >= 0.3 is 0 Å². The Balaban J connectivity index is 1.95. The van der Waals surface area contributed by atoms with Crippen molar-refractivity contribution in [1.29, 1.82) is 0 Å². The molecule has 0 aliphatic heterocycles. The van der Waals surface area contributed by atoms with Crippen LogP contribution in [0.1, 0.15) is 29.2 Å². The van der Waals surface area contributed by atoms with Crippen LogP contribution in [0.25, 0.3) is 0 Å². The molecule has 1 aliphatic carbocycles. The average Bonchev–Trinajstić information content (AvgIpc) is 2.71. The molecule has 0 saturated carbocycles. The number of fused-ring (bicyclic) bond motifs is 1. The van der Waals surface area contributed by atoms with Gasteiger partial charge in [0.25, 0.3) is 0 Å². The summed E-state index contributed by atoms with van der Waals surface area (Å²) in [5.74, 6) is 0.150. The van der Waals surface area contributed by atoms with Gasteiger partial charge in [-0.05, 0) is 30.9 Å². The van der Waals surface area contributed by atoms with Crippen molar-refractivity contribution in [1.82, 2.24) is 9.62 Å². The number of aryl methyl sites for hydroxylation is 2. The minimum Gasteiger partial charge on any atom is -0.309 e. The van der Waals surface area contributed by atoms with Gasteiger partial charge in [0, 0.05) is 26.7 Å². The van der Waals surface area contributed by atoms with Crippen molar-refractivity contribution < 1.29 is 8.42 Å². The van der Waals surface area contributed by atoms with Crippen molar-refractivity contribution >= 4 is 10.0 Å². The van der Waals surface area contributed by atoms with Gasteiger partial charge in [-0.15, -0.1) is 0 Å². The van der Waals surface area contributed by atoms with Gasteiger partial charge in [0.2, 0.25) is 10.0 Å². The standard InChI is InChI=1S/C14H22N2O2S/c1-11-4-5-12-6-7-14(13(12)10-11)15-8-9-19(17,18)16(2)3/h4-5,10,14-15H,6-9H2,1-3H3. The Morgan fingerprint density at radius 3 is 2.79 bits per heavy atom. The van der Waals surface area contributed by atoms with Crippen LogP contribution in [0.5, 0.6) is 0 Å². The molecule has 1 N–H and O–H groups in total. The molecule has 1 atom stereocenters. The van der Waals surface area contributed by atoms with E-state index in [9.17, 15) is 8.42 Å². The highest BCUT2D eigenvalue weighted by Gasteiger charge is 2.22. The molecule has 1 aliphatic rings. The van der Waals surface area contributed by atoms with Gasteiger partial charge in [-0.2, -0.15) is 0 Å². The van der Waals surface area contributed by atoms with Crippen LogP contribution in [-0.4, -0.2) is 39.1 Å². The average molecular weight is 282 g/mol. The highest BCUT2D eigenvalue weighted by molar-refractivity contribution is 7.89. The molecular weight excluding hydrogens is 260 g/mol. The summed E-state index contributed by atoms with van der Waals surface area (Å²) in [5, 5.41) is 3.37. The SMILES string of the molecule is Cc1ccc2c(c1)C(NCCS(=O)(=O)N(C)C)CC2. The molecule has 1 aromatic rings. The number of sulfonamides is 1. The Morgan fingerprint density at radius 1 is 1.37 bits per heavy atom. The number of nitrogens with zero attached hydrogens (tertiary/aromatic N) is 1. The fraction of sp³-hybridized carbons (Fsp3) is 0.571. The Morgan fingerprint density at radius 2 is 2.11 bits per heavy atom. The van der Waals surface area contributed by atoms with Crippen LogP contribution in [0.3, 0.4) is 0 Å². The highest BCUT2D eigenvalue weighted by atomic mass is 32.2. The van der Waals surface area contributed by atoms with E-state index in [2.05, 4.69) is 30.4 Å². The lowest BCUT2D eigenvalue weighted by atomic mass is 10.1. The smallest absolute Gasteiger partial charge is 0.214 e. The lowest BCUT2D eigenvalue weighted by molar-refractivity contribution is 0.506. The van der Waals surface area contributed by atoms with E-state index in [1.165, 1.54) is 21.0 Å². The molecule has 4 nitrogen and oxygen atoms in total. The minimum atomic E-state index is -3.10. The molecule has 1 unspecified atom stereocenters. The van der Waals surface area contributed by atoms with Crippen LogP contribution < -0.4 is 5.32 Å². The van der Waals surface area contributed by atoms with Crippen LogP contribution in [0.2, 0.25) is 0 Å². The van der Waals surface area contributed by atoms with Crippen molar-refractivity contribution in [2.45, 2.75) is 25.8 Å². The number of hydrogen-bond donors (Lipinski definition) is 1. The fourth-order valence-corrected chi connectivity index (χ4v) is 3.22. The van der Waals surface area contributed by atoms with Gasteiger partial charge < -0.3 is 5.32 Å². The molecule has 0 aromatic heterocycles. The second-order valence-corrected chi connectivity index (χ2v) is 7.65. The fourth-order valence-electron chi connectivity index (χ4n) is 2.48. The second kappa shape index (κ2) is 5.61. The van der Waals surface area contributed by atoms with Gasteiger partial charge in [-0.3, -0.25) is 0 Å². The van der Waals surface area contributed by atoms with Crippen molar-refractivity contribution in [2.24, 2.45) is 0 Å². The van der Waals surface area contributed by atoms with Gasteiger partial charge in [0.1, 0.15) is 0 Å². The normalized spacial score (nSPS) is 18.8. The van der Waals surface area contributed by atoms with Crippen molar-refractivity contribution in [3.05, 3.63) is 34.9 Å². The molecule has 0 bridgehead atoms. The number of rotatable bonds is 5. The maximum Gasteiger partial charge on any atom is 0.214 e. The zero-order valence-corrected chi connectivity index (χ0v) is 12.6. The summed E-state index contributed by atoms with van der Waals surface area (Å²) < 4.78 is 24.7. The number of benzene rings is 1. The van der Waals surface area contributed by atoms with Crippen LogP contribution in [0.4, 0.5) is 0 Å². The molecular formula is C14H22N2O2S. The van der Waals surface area contributed by atoms with E-state index in [1.54, 1.807) is 14.1 Å². The first-order valence-electron chi connectivity index (χ1n) is 6.63. The molecule has 5 heteroatoms. The molecule has 0 spiro atoms. The Hall–Kier alpha value is -0.910. The summed E-state index contributed by atoms with van der Waals surface area (Å²) in [6.45, 7) is 2.59. The maximum absolute atomic E-state index is 11.7. The summed E-state index contributed by atoms with van der Waals surface area (Å²) >= 11 is 0. The molecule has 1 aromatic carbocycles. The van der Waals surface area contributed by atoms with Crippen molar-refractivity contribution in [2.75, 3.05) is 26.4 Å². The van der Waals surface area contributed by atoms with Gasteiger partial charge in [-0.1, -0.05) is 23.8 Å². The largest absolute Gasteiger partial charge is 0.309 e. The number of hydrogen-bond acceptors (Lipinski definition) is 3. The monoisotopic (exact) mass is 282 g/mol. The van der Waals surface area contributed by atoms with E-state index in [4.69, 9.17) is 0 Å². The molecule has 19 heavy (non-hydrogen) atoms. The van der Waals surface area contributed by atoms with Gasteiger partial charge in [-0.25, -0.2) is 12.7 Å². The quantitative estimate of drug-likeness (QED) is 0.889. The van der Waals surface area contributed by atoms with Crippen LogP contribution in [0.15, 0.2) is 18.2 Å².